The zero-order valence-corrected chi connectivity index (χ0v) is 13.0. The average Bonchev–Trinajstić information content (AvgIpc) is 2.83. The summed E-state index contributed by atoms with van der Waals surface area (Å²) >= 11 is 0. The van der Waals surface area contributed by atoms with Crippen LogP contribution in [-0.2, 0) is 20.2 Å². The molecule has 0 fully saturated rings. The Morgan fingerprint density at radius 1 is 1.27 bits per heavy atom. The minimum atomic E-state index is -3.84. The van der Waals surface area contributed by atoms with Crippen LogP contribution < -0.4 is 11.5 Å². The van der Waals surface area contributed by atoms with Crippen molar-refractivity contribution in [3.63, 3.8) is 0 Å². The number of hydrogen-bond donors (Lipinski definition) is 3. The van der Waals surface area contributed by atoms with Crippen LogP contribution >= 0.6 is 7.60 Å². The molecular weight excluding hydrogens is 317 g/mol. The van der Waals surface area contributed by atoms with Gasteiger partial charge in [0, 0.05) is 0 Å². The van der Waals surface area contributed by atoms with Crippen LogP contribution in [0.4, 0.5) is 0 Å². The Balaban J connectivity index is 3.10. The molecule has 1 rings (SSSR count). The fraction of sp³-hybridized carbons (Fsp3) is 0.600. The topological polar surface area (TPSA) is 173 Å². The van der Waals surface area contributed by atoms with Crippen molar-refractivity contribution in [1.82, 2.24) is 15.0 Å². The van der Waals surface area contributed by atoms with E-state index >= 15 is 0 Å². The summed E-state index contributed by atoms with van der Waals surface area (Å²) in [5.74, 6) is -3.66. The predicted molar refractivity (Wildman–Crippen MR) is 73.9 cm³/mol. The monoisotopic (exact) mass is 335 g/mol. The number of amides is 2. The van der Waals surface area contributed by atoms with Gasteiger partial charge in [-0.2, -0.15) is 0 Å². The Kier molecular flexibility index (Phi) is 6.18. The lowest BCUT2D eigenvalue weighted by Gasteiger charge is -2.22. The van der Waals surface area contributed by atoms with Crippen LogP contribution in [-0.4, -0.2) is 51.0 Å². The van der Waals surface area contributed by atoms with Crippen LogP contribution in [0.2, 0.25) is 0 Å². The molecule has 0 saturated carbocycles. The van der Waals surface area contributed by atoms with Crippen LogP contribution in [0.15, 0.2) is 0 Å². The lowest BCUT2D eigenvalue weighted by atomic mass is 10.3. The van der Waals surface area contributed by atoms with E-state index in [0.717, 1.165) is 4.68 Å². The van der Waals surface area contributed by atoms with E-state index in [4.69, 9.17) is 20.5 Å². The first-order chi connectivity index (χ1) is 10.3. The molecule has 11 nitrogen and oxygen atoms in total. The number of hydrogen-bond acceptors (Lipinski definition) is 8. The van der Waals surface area contributed by atoms with Crippen molar-refractivity contribution in [2.45, 2.75) is 26.2 Å². The van der Waals surface area contributed by atoms with Crippen LogP contribution in [0.3, 0.4) is 0 Å². The fourth-order valence-electron chi connectivity index (χ4n) is 1.67. The molecule has 0 aliphatic heterocycles. The summed E-state index contributed by atoms with van der Waals surface area (Å²) in [7, 11) is -3.84. The first kappa shape index (κ1) is 18.2. The quantitative estimate of drug-likeness (QED) is 0.485. The third-order valence-corrected chi connectivity index (χ3v) is 4.65. The SMILES string of the molecule is CCOP(=O)(OCC)C(O)Cn1nnc(C(N)=O)c1C(N)=O. The van der Waals surface area contributed by atoms with Gasteiger partial charge in [0.25, 0.3) is 11.8 Å². The van der Waals surface area contributed by atoms with E-state index in [0.29, 0.717) is 0 Å². The lowest BCUT2D eigenvalue weighted by Crippen LogP contribution is -2.27. The Labute approximate surface area is 126 Å². The third kappa shape index (κ3) is 3.89. The first-order valence-electron chi connectivity index (χ1n) is 6.36. The number of primary amides is 2. The van der Waals surface area contributed by atoms with E-state index < -0.39 is 43.2 Å². The molecule has 0 aromatic carbocycles. The first-order valence-corrected chi connectivity index (χ1v) is 7.97. The molecule has 2 amide bonds. The van der Waals surface area contributed by atoms with Gasteiger partial charge in [-0.25, -0.2) is 4.68 Å². The van der Waals surface area contributed by atoms with Crippen molar-refractivity contribution in [3.05, 3.63) is 11.4 Å². The van der Waals surface area contributed by atoms with Crippen molar-refractivity contribution < 1.29 is 28.3 Å². The summed E-state index contributed by atoms with van der Waals surface area (Å²) in [4.78, 5) is 22.6. The number of aliphatic hydroxyl groups excluding tert-OH is 1. The Morgan fingerprint density at radius 2 is 1.82 bits per heavy atom. The maximum Gasteiger partial charge on any atom is 0.360 e. The molecule has 1 heterocycles. The Bertz CT molecular complexity index is 593. The van der Waals surface area contributed by atoms with Gasteiger partial charge in [0.2, 0.25) is 0 Å². The van der Waals surface area contributed by atoms with Gasteiger partial charge in [-0.15, -0.1) is 5.10 Å². The number of nitrogens with two attached hydrogens (primary N) is 2. The minimum absolute atomic E-state index is 0.0426. The Hall–Kier alpha value is -1.81. The summed E-state index contributed by atoms with van der Waals surface area (Å²) in [5, 5.41) is 17.0. The average molecular weight is 335 g/mol. The van der Waals surface area contributed by atoms with Gasteiger partial charge in [-0.1, -0.05) is 5.21 Å². The maximum atomic E-state index is 12.4. The highest BCUT2D eigenvalue weighted by Gasteiger charge is 2.36. The summed E-state index contributed by atoms with van der Waals surface area (Å²) in [6.45, 7) is 2.76. The van der Waals surface area contributed by atoms with Crippen LogP contribution in [0.25, 0.3) is 0 Å². The standard InChI is InChI=1S/C10H18N5O6P/c1-3-20-22(19,21-4-2)6(16)5-15-8(10(12)18)7(9(11)17)13-14-15/h6,16H,3-5H2,1-2H3,(H2,11,17)(H2,12,18). The highest BCUT2D eigenvalue weighted by molar-refractivity contribution is 7.54. The molecule has 12 heteroatoms. The molecular formula is C10H18N5O6P. The van der Waals surface area contributed by atoms with Crippen molar-refractivity contribution >= 4 is 19.4 Å². The van der Waals surface area contributed by atoms with Crippen molar-refractivity contribution in [2.24, 2.45) is 11.5 Å². The number of rotatable bonds is 9. The highest BCUT2D eigenvalue weighted by Crippen LogP contribution is 2.52. The van der Waals surface area contributed by atoms with Gasteiger partial charge in [-0.3, -0.25) is 14.2 Å². The number of aromatic nitrogens is 3. The summed E-state index contributed by atoms with van der Waals surface area (Å²) in [5.41, 5.74) is 9.35. The second kappa shape index (κ2) is 7.45. The zero-order chi connectivity index (χ0) is 16.9. The number of carbonyl (C=O) groups excluding carboxylic acids is 2. The molecule has 0 saturated heterocycles. The Morgan fingerprint density at radius 3 is 2.23 bits per heavy atom. The second-order valence-electron chi connectivity index (χ2n) is 4.05. The molecule has 124 valence electrons. The van der Waals surface area contributed by atoms with Crippen molar-refractivity contribution in [2.75, 3.05) is 13.2 Å². The summed E-state index contributed by atoms with van der Waals surface area (Å²) < 4.78 is 23.2. The molecule has 0 aliphatic rings. The van der Waals surface area contributed by atoms with E-state index in [2.05, 4.69) is 10.3 Å². The van der Waals surface area contributed by atoms with E-state index in [1.54, 1.807) is 13.8 Å². The van der Waals surface area contributed by atoms with Crippen molar-refractivity contribution in [3.8, 4) is 0 Å². The van der Waals surface area contributed by atoms with Gasteiger partial charge in [0.05, 0.1) is 19.8 Å². The van der Waals surface area contributed by atoms with Gasteiger partial charge < -0.3 is 25.6 Å². The lowest BCUT2D eigenvalue weighted by molar-refractivity contribution is 0.0953. The number of aliphatic hydroxyl groups is 1. The number of carbonyl (C=O) groups is 2. The molecule has 22 heavy (non-hydrogen) atoms. The zero-order valence-electron chi connectivity index (χ0n) is 12.1. The maximum absolute atomic E-state index is 12.4. The third-order valence-electron chi connectivity index (χ3n) is 2.52. The molecule has 0 radical (unpaired) electrons. The smallest absolute Gasteiger partial charge is 0.360 e. The predicted octanol–water partition coefficient (Wildman–Crippen LogP) is -0.940. The summed E-state index contributed by atoms with van der Waals surface area (Å²) in [6.07, 6.45) is 0. The van der Waals surface area contributed by atoms with Gasteiger partial charge in [0.1, 0.15) is 0 Å². The highest BCUT2D eigenvalue weighted by atomic mass is 31.2. The molecule has 1 atom stereocenters. The van der Waals surface area contributed by atoms with E-state index in [1.807, 2.05) is 0 Å². The van der Waals surface area contributed by atoms with Gasteiger partial charge in [-0.05, 0) is 13.8 Å². The fourth-order valence-corrected chi connectivity index (χ4v) is 3.17. The molecule has 0 bridgehead atoms. The minimum Gasteiger partial charge on any atom is -0.379 e. The molecule has 0 spiro atoms. The number of nitrogens with zero attached hydrogens (tertiary/aromatic N) is 3. The van der Waals surface area contributed by atoms with Crippen LogP contribution in [0.1, 0.15) is 34.8 Å². The van der Waals surface area contributed by atoms with Crippen molar-refractivity contribution in [1.29, 1.82) is 0 Å². The molecule has 1 unspecified atom stereocenters. The molecule has 1 aromatic rings. The molecule has 0 aliphatic carbocycles. The molecule has 5 N–H and O–H groups in total. The van der Waals surface area contributed by atoms with E-state index in [1.165, 1.54) is 0 Å². The molecule has 1 aromatic heterocycles. The summed E-state index contributed by atoms with van der Waals surface area (Å²) in [6, 6.07) is 0. The second-order valence-corrected chi connectivity index (χ2v) is 6.25. The van der Waals surface area contributed by atoms with Crippen LogP contribution in [0.5, 0.6) is 0 Å². The van der Waals surface area contributed by atoms with E-state index in [-0.39, 0.29) is 13.2 Å². The normalized spacial score (nSPS) is 13.0. The van der Waals surface area contributed by atoms with Gasteiger partial charge >= 0.3 is 7.60 Å². The van der Waals surface area contributed by atoms with E-state index in [9.17, 15) is 19.3 Å². The largest absolute Gasteiger partial charge is 0.379 e. The van der Waals surface area contributed by atoms with Gasteiger partial charge in [0.15, 0.2) is 17.2 Å². The van der Waals surface area contributed by atoms with Crippen LogP contribution in [0, 0.1) is 0 Å².